The molecule has 0 aromatic carbocycles. The van der Waals surface area contributed by atoms with Gasteiger partial charge in [-0.05, 0) is 19.4 Å². The molecule has 5 nitrogen and oxygen atoms in total. The number of hydrogen-bond acceptors (Lipinski definition) is 4. The van der Waals surface area contributed by atoms with Crippen LogP contribution in [0.1, 0.15) is 20.3 Å². The van der Waals surface area contributed by atoms with E-state index in [9.17, 15) is 17.8 Å². The van der Waals surface area contributed by atoms with Gasteiger partial charge in [0.2, 0.25) is 5.91 Å². The van der Waals surface area contributed by atoms with Crippen LogP contribution in [0.15, 0.2) is 12.7 Å². The third-order valence-electron chi connectivity index (χ3n) is 1.89. The van der Waals surface area contributed by atoms with Gasteiger partial charge in [0.05, 0.1) is 21.4 Å². The van der Waals surface area contributed by atoms with Crippen molar-refractivity contribution in [2.45, 2.75) is 25.8 Å². The third kappa shape index (κ3) is 7.98. The molecule has 1 unspecified atom stereocenters. The van der Waals surface area contributed by atoms with E-state index in [2.05, 4.69) is 11.9 Å². The van der Waals surface area contributed by atoms with Gasteiger partial charge >= 0.3 is 29.6 Å². The molecule has 0 aliphatic carbocycles. The van der Waals surface area contributed by atoms with E-state index in [4.69, 9.17) is 0 Å². The molecule has 1 amide bonds. The Labute approximate surface area is 112 Å². The van der Waals surface area contributed by atoms with Gasteiger partial charge in [-0.3, -0.25) is 4.79 Å². The van der Waals surface area contributed by atoms with Gasteiger partial charge < -0.3 is 9.87 Å². The zero-order valence-electron chi connectivity index (χ0n) is 9.24. The summed E-state index contributed by atoms with van der Waals surface area (Å²) in [6, 6.07) is 0. The number of nitrogens with one attached hydrogen (secondary N) is 1. The second-order valence-corrected chi connectivity index (χ2v) is 4.71. The summed E-state index contributed by atoms with van der Waals surface area (Å²) in [6.07, 6.45) is 1.39. The summed E-state index contributed by atoms with van der Waals surface area (Å²) in [7, 11) is -4.35. The monoisotopic (exact) mass is 243 g/mol. The van der Waals surface area contributed by atoms with E-state index in [1.54, 1.807) is 6.92 Å². The number of rotatable bonds is 5. The Balaban J connectivity index is 0. The molecular formula is C8H14NNaO4S. The van der Waals surface area contributed by atoms with Crippen molar-refractivity contribution >= 4 is 16.0 Å². The molecule has 0 saturated carbocycles. The van der Waals surface area contributed by atoms with Crippen molar-refractivity contribution in [1.82, 2.24) is 5.32 Å². The van der Waals surface area contributed by atoms with Crippen molar-refractivity contribution < 1.29 is 47.3 Å². The SMILES string of the molecule is C=CC(=O)NC(C)(CC)CS(=O)(=O)[O-].[Na+]. The summed E-state index contributed by atoms with van der Waals surface area (Å²) in [4.78, 5) is 10.9. The molecule has 7 heteroatoms. The number of carbonyl (C=O) groups excluding carboxylic acids is 1. The van der Waals surface area contributed by atoms with Crippen LogP contribution in [-0.2, 0) is 14.9 Å². The van der Waals surface area contributed by atoms with E-state index in [1.807, 2.05) is 0 Å². The fourth-order valence-electron chi connectivity index (χ4n) is 0.965. The standard InChI is InChI=1S/C8H15NO4S.Na/c1-4-7(10)9-8(3,5-2)6-14(11,12)13;/h4H,1,5-6H2,2-3H3,(H,9,10)(H,11,12,13);/q;+1/p-1. The fourth-order valence-corrected chi connectivity index (χ4v) is 2.02. The van der Waals surface area contributed by atoms with Gasteiger partial charge in [-0.2, -0.15) is 0 Å². The molecule has 15 heavy (non-hydrogen) atoms. The van der Waals surface area contributed by atoms with Gasteiger partial charge in [-0.15, -0.1) is 0 Å². The smallest absolute Gasteiger partial charge is 0.748 e. The number of carbonyl (C=O) groups is 1. The minimum Gasteiger partial charge on any atom is -0.748 e. The molecular weight excluding hydrogens is 229 g/mol. The number of amides is 1. The summed E-state index contributed by atoms with van der Waals surface area (Å²) in [5.41, 5.74) is -1.02. The first-order valence-corrected chi connectivity index (χ1v) is 5.68. The Morgan fingerprint density at radius 3 is 2.33 bits per heavy atom. The van der Waals surface area contributed by atoms with E-state index in [-0.39, 0.29) is 29.6 Å². The van der Waals surface area contributed by atoms with Crippen molar-refractivity contribution in [3.63, 3.8) is 0 Å². The Bertz CT molecular complexity index is 328. The van der Waals surface area contributed by atoms with Gasteiger partial charge in [0.1, 0.15) is 0 Å². The zero-order valence-corrected chi connectivity index (χ0v) is 12.1. The average molecular weight is 243 g/mol. The molecule has 0 spiro atoms. The van der Waals surface area contributed by atoms with E-state index in [0.29, 0.717) is 6.42 Å². The molecule has 82 valence electrons. The molecule has 0 heterocycles. The molecule has 0 rings (SSSR count). The van der Waals surface area contributed by atoms with Crippen LogP contribution in [0.25, 0.3) is 0 Å². The molecule has 0 bridgehead atoms. The molecule has 0 aliphatic rings. The van der Waals surface area contributed by atoms with E-state index in [1.165, 1.54) is 6.92 Å². The van der Waals surface area contributed by atoms with Gasteiger partial charge in [0.25, 0.3) is 0 Å². The fraction of sp³-hybridized carbons (Fsp3) is 0.625. The van der Waals surface area contributed by atoms with E-state index in [0.717, 1.165) is 6.08 Å². The second kappa shape index (κ2) is 6.65. The first-order chi connectivity index (χ1) is 6.22. The van der Waals surface area contributed by atoms with Crippen molar-refractivity contribution in [2.75, 3.05) is 5.75 Å². The van der Waals surface area contributed by atoms with Crippen LogP contribution in [0.5, 0.6) is 0 Å². The van der Waals surface area contributed by atoms with Crippen LogP contribution >= 0.6 is 0 Å². The summed E-state index contributed by atoms with van der Waals surface area (Å²) < 4.78 is 31.6. The topological polar surface area (TPSA) is 86.3 Å². The van der Waals surface area contributed by atoms with Crippen molar-refractivity contribution in [3.05, 3.63) is 12.7 Å². The molecule has 0 radical (unpaired) electrons. The average Bonchev–Trinajstić information content (AvgIpc) is 2.00. The van der Waals surface area contributed by atoms with Crippen molar-refractivity contribution in [2.24, 2.45) is 0 Å². The van der Waals surface area contributed by atoms with Crippen LogP contribution in [0.2, 0.25) is 0 Å². The molecule has 0 aromatic heterocycles. The summed E-state index contributed by atoms with van der Waals surface area (Å²) in [5.74, 6) is -1.10. The van der Waals surface area contributed by atoms with Gasteiger partial charge in [0.15, 0.2) is 0 Å². The van der Waals surface area contributed by atoms with Crippen LogP contribution in [0.3, 0.4) is 0 Å². The summed E-state index contributed by atoms with van der Waals surface area (Å²) in [5, 5.41) is 2.41. The maximum Gasteiger partial charge on any atom is 1.00 e. The minimum atomic E-state index is -4.35. The predicted octanol–water partition coefficient (Wildman–Crippen LogP) is -2.99. The van der Waals surface area contributed by atoms with Crippen LogP contribution in [0.4, 0.5) is 0 Å². The Morgan fingerprint density at radius 2 is 2.07 bits per heavy atom. The maximum absolute atomic E-state index is 10.9. The van der Waals surface area contributed by atoms with Gasteiger partial charge in [-0.1, -0.05) is 13.5 Å². The molecule has 0 fully saturated rings. The Hall–Kier alpha value is 0.120. The van der Waals surface area contributed by atoms with Crippen LogP contribution in [0, 0.1) is 0 Å². The molecule has 1 N–H and O–H groups in total. The van der Waals surface area contributed by atoms with Gasteiger partial charge in [0, 0.05) is 0 Å². The molecule has 0 aromatic rings. The Morgan fingerprint density at radius 1 is 1.60 bits per heavy atom. The number of hydrogen-bond donors (Lipinski definition) is 1. The third-order valence-corrected chi connectivity index (χ3v) is 2.88. The Kier molecular flexibility index (Phi) is 7.76. The molecule has 0 aliphatic heterocycles. The summed E-state index contributed by atoms with van der Waals surface area (Å²) in [6.45, 7) is 6.43. The van der Waals surface area contributed by atoms with E-state index < -0.39 is 27.3 Å². The minimum absolute atomic E-state index is 0. The second-order valence-electron chi connectivity index (χ2n) is 3.31. The maximum atomic E-state index is 10.9. The molecule has 1 atom stereocenters. The summed E-state index contributed by atoms with van der Waals surface area (Å²) >= 11 is 0. The first-order valence-electron chi connectivity index (χ1n) is 4.10. The van der Waals surface area contributed by atoms with Gasteiger partial charge in [-0.25, -0.2) is 8.42 Å². The normalized spacial score (nSPS) is 14.6. The van der Waals surface area contributed by atoms with Crippen LogP contribution in [-0.4, -0.2) is 30.2 Å². The largest absolute Gasteiger partial charge is 1.00 e. The predicted molar refractivity (Wildman–Crippen MR) is 51.6 cm³/mol. The van der Waals surface area contributed by atoms with Crippen molar-refractivity contribution in [3.8, 4) is 0 Å². The molecule has 0 saturated heterocycles. The van der Waals surface area contributed by atoms with Crippen molar-refractivity contribution in [1.29, 1.82) is 0 Å². The first kappa shape index (κ1) is 17.5. The quantitative estimate of drug-likeness (QED) is 0.317. The van der Waals surface area contributed by atoms with E-state index >= 15 is 0 Å². The zero-order chi connectivity index (χ0) is 11.4. The van der Waals surface area contributed by atoms with Crippen LogP contribution < -0.4 is 34.9 Å².